The summed E-state index contributed by atoms with van der Waals surface area (Å²) in [5.41, 5.74) is -2.93. The molecule has 174 valence electrons. The molecule has 2 saturated heterocycles. The van der Waals surface area contributed by atoms with Gasteiger partial charge >= 0.3 is 0 Å². The van der Waals surface area contributed by atoms with Crippen molar-refractivity contribution >= 4 is 11.8 Å². The van der Waals surface area contributed by atoms with Gasteiger partial charge in [0, 0.05) is 43.0 Å². The summed E-state index contributed by atoms with van der Waals surface area (Å²) in [7, 11) is 0. The van der Waals surface area contributed by atoms with E-state index in [1.54, 1.807) is 4.90 Å². The van der Waals surface area contributed by atoms with Gasteiger partial charge in [0.25, 0.3) is 11.8 Å². The van der Waals surface area contributed by atoms with Gasteiger partial charge in [0.05, 0.1) is 12.6 Å². The molecule has 0 radical (unpaired) electrons. The van der Waals surface area contributed by atoms with Crippen molar-refractivity contribution in [3.8, 4) is 5.75 Å². The maximum atomic E-state index is 13.9. The van der Waals surface area contributed by atoms with Crippen LogP contribution in [0.15, 0.2) is 23.1 Å². The maximum Gasteiger partial charge on any atom is 0.274 e. The molecule has 33 heavy (non-hydrogen) atoms. The van der Waals surface area contributed by atoms with E-state index >= 15 is 0 Å². The monoisotopic (exact) mass is 463 g/mol. The molecule has 2 aromatic rings. The standard InChI is InChI=1S/C22H20F3N3O5/c1-10-2-3-22(9-33-22)16-8-27(10)21(32)17-19(30)18(29)13(7-28(16)17)20(31)26-6-12-14(24)4-11(23)5-15(12)25/h4-5,7,10,16,30H,2-3,6,8-9H2,1H3,(H,26,31)/t10-,16+,22-/m0/s1. The highest BCUT2D eigenvalue weighted by Crippen LogP contribution is 2.48. The Morgan fingerprint density at radius 1 is 1.27 bits per heavy atom. The van der Waals surface area contributed by atoms with E-state index in [-0.39, 0.29) is 11.7 Å². The molecule has 0 aliphatic carbocycles. The predicted octanol–water partition coefficient (Wildman–Crippen LogP) is 1.85. The van der Waals surface area contributed by atoms with Crippen LogP contribution in [0.3, 0.4) is 0 Å². The van der Waals surface area contributed by atoms with E-state index in [2.05, 4.69) is 5.32 Å². The Hall–Kier alpha value is -3.34. The average Bonchev–Trinajstić information content (AvgIpc) is 3.55. The van der Waals surface area contributed by atoms with Gasteiger partial charge < -0.3 is 24.6 Å². The van der Waals surface area contributed by atoms with Gasteiger partial charge in [-0.1, -0.05) is 0 Å². The Kier molecular flexibility index (Phi) is 4.78. The van der Waals surface area contributed by atoms with Gasteiger partial charge in [-0.25, -0.2) is 13.2 Å². The predicted molar refractivity (Wildman–Crippen MR) is 107 cm³/mol. The van der Waals surface area contributed by atoms with Crippen LogP contribution in [-0.2, 0) is 11.3 Å². The number of pyridine rings is 1. The number of aromatic nitrogens is 1. The SMILES string of the molecule is C[C@H]1CC[C@]2(CO2)[C@H]2CN1C(=O)c1c(O)c(=O)c(C(=O)NCc3c(F)cc(F)cc3F)cn12. The highest BCUT2D eigenvalue weighted by atomic mass is 19.1. The van der Waals surface area contributed by atoms with Crippen LogP contribution in [0, 0.1) is 17.5 Å². The number of nitrogens with one attached hydrogen (secondary N) is 1. The van der Waals surface area contributed by atoms with Gasteiger partial charge in [-0.3, -0.25) is 14.4 Å². The summed E-state index contributed by atoms with van der Waals surface area (Å²) >= 11 is 0. The Balaban J connectivity index is 1.52. The first-order valence-electron chi connectivity index (χ1n) is 10.5. The van der Waals surface area contributed by atoms with Crippen molar-refractivity contribution in [3.05, 3.63) is 62.8 Å². The van der Waals surface area contributed by atoms with Gasteiger partial charge in [0.15, 0.2) is 11.4 Å². The molecule has 2 fully saturated rings. The number of fused-ring (bicyclic) bond motifs is 5. The van der Waals surface area contributed by atoms with Gasteiger partial charge in [0.1, 0.15) is 28.6 Å². The van der Waals surface area contributed by atoms with E-state index in [1.165, 1.54) is 10.8 Å². The molecule has 4 heterocycles. The minimum absolute atomic E-state index is 0.115. The molecule has 0 saturated carbocycles. The third-order valence-corrected chi connectivity index (χ3v) is 6.80. The number of rotatable bonds is 3. The van der Waals surface area contributed by atoms with E-state index in [9.17, 15) is 32.7 Å². The molecule has 1 aromatic heterocycles. The van der Waals surface area contributed by atoms with E-state index in [0.717, 1.165) is 0 Å². The molecule has 1 aromatic carbocycles. The lowest BCUT2D eigenvalue weighted by Crippen LogP contribution is -2.49. The van der Waals surface area contributed by atoms with Crippen molar-refractivity contribution in [1.29, 1.82) is 0 Å². The summed E-state index contributed by atoms with van der Waals surface area (Å²) in [5.74, 6) is -5.88. The molecule has 3 aliphatic heterocycles. The summed E-state index contributed by atoms with van der Waals surface area (Å²) < 4.78 is 48.0. The first-order valence-corrected chi connectivity index (χ1v) is 10.5. The Morgan fingerprint density at radius 2 is 1.94 bits per heavy atom. The third kappa shape index (κ3) is 3.29. The van der Waals surface area contributed by atoms with E-state index in [0.29, 0.717) is 38.1 Å². The van der Waals surface area contributed by atoms with Crippen LogP contribution >= 0.6 is 0 Å². The zero-order valence-corrected chi connectivity index (χ0v) is 17.5. The Morgan fingerprint density at radius 3 is 2.58 bits per heavy atom. The summed E-state index contributed by atoms with van der Waals surface area (Å²) in [5, 5.41) is 12.8. The van der Waals surface area contributed by atoms with Gasteiger partial charge in [0.2, 0.25) is 5.43 Å². The Labute approximate surface area is 185 Å². The lowest BCUT2D eigenvalue weighted by molar-refractivity contribution is 0.0574. The number of hydrogen-bond acceptors (Lipinski definition) is 5. The zero-order chi connectivity index (χ0) is 23.7. The molecular formula is C22H20F3N3O5. The first-order chi connectivity index (χ1) is 15.6. The average molecular weight is 463 g/mol. The van der Waals surface area contributed by atoms with Crippen LogP contribution < -0.4 is 10.7 Å². The number of aromatic hydroxyl groups is 1. The number of nitrogens with zero attached hydrogens (tertiary/aromatic N) is 2. The highest BCUT2D eigenvalue weighted by Gasteiger charge is 2.57. The molecule has 8 nitrogen and oxygen atoms in total. The number of hydrogen-bond donors (Lipinski definition) is 2. The first kappa shape index (κ1) is 21.5. The minimum atomic E-state index is -1.19. The van der Waals surface area contributed by atoms with Gasteiger partial charge in [-0.15, -0.1) is 0 Å². The lowest BCUT2D eigenvalue weighted by Gasteiger charge is -2.38. The Bertz CT molecular complexity index is 1230. The summed E-state index contributed by atoms with van der Waals surface area (Å²) in [6.07, 6.45) is 2.53. The molecule has 11 heteroatoms. The number of benzene rings is 1. The maximum absolute atomic E-state index is 13.9. The molecule has 2 amide bonds. The lowest BCUT2D eigenvalue weighted by atomic mass is 9.94. The fraction of sp³-hybridized carbons (Fsp3) is 0.409. The van der Waals surface area contributed by atoms with Crippen LogP contribution in [0.25, 0.3) is 0 Å². The van der Waals surface area contributed by atoms with Crippen LogP contribution in [-0.4, -0.2) is 51.2 Å². The van der Waals surface area contributed by atoms with Crippen LogP contribution in [0.5, 0.6) is 5.75 Å². The van der Waals surface area contributed by atoms with Crippen molar-refractivity contribution in [2.45, 2.75) is 44.0 Å². The summed E-state index contributed by atoms with van der Waals surface area (Å²) in [6.45, 7) is 1.97. The zero-order valence-electron chi connectivity index (χ0n) is 17.5. The molecule has 2 N–H and O–H groups in total. The second-order valence-electron chi connectivity index (χ2n) is 8.72. The largest absolute Gasteiger partial charge is 0.503 e. The number of epoxide rings is 1. The highest BCUT2D eigenvalue weighted by molar-refractivity contribution is 5.99. The molecule has 2 bridgehead atoms. The number of ether oxygens (including phenoxy) is 1. The second kappa shape index (κ2) is 7.34. The number of carbonyl (C=O) groups excluding carboxylic acids is 2. The van der Waals surface area contributed by atoms with Crippen molar-refractivity contribution in [2.75, 3.05) is 13.2 Å². The molecule has 5 rings (SSSR count). The molecule has 1 spiro atoms. The topological polar surface area (TPSA) is 104 Å². The van der Waals surface area contributed by atoms with Crippen molar-refractivity contribution in [3.63, 3.8) is 0 Å². The smallest absolute Gasteiger partial charge is 0.274 e. The van der Waals surface area contributed by atoms with E-state index in [1.807, 2.05) is 6.92 Å². The van der Waals surface area contributed by atoms with Crippen LogP contribution in [0.2, 0.25) is 0 Å². The minimum Gasteiger partial charge on any atom is -0.503 e. The van der Waals surface area contributed by atoms with Crippen LogP contribution in [0.4, 0.5) is 13.2 Å². The van der Waals surface area contributed by atoms with Crippen molar-refractivity contribution in [2.24, 2.45) is 0 Å². The molecule has 3 atom stereocenters. The van der Waals surface area contributed by atoms with E-state index < -0.39 is 69.8 Å². The van der Waals surface area contributed by atoms with Crippen LogP contribution in [0.1, 0.15) is 52.2 Å². The van der Waals surface area contributed by atoms with Gasteiger partial charge in [-0.2, -0.15) is 0 Å². The van der Waals surface area contributed by atoms with Crippen molar-refractivity contribution < 1.29 is 32.6 Å². The second-order valence-corrected chi connectivity index (χ2v) is 8.72. The quantitative estimate of drug-likeness (QED) is 0.677. The number of halogens is 3. The third-order valence-electron chi connectivity index (χ3n) is 6.80. The normalized spacial score (nSPS) is 25.6. The van der Waals surface area contributed by atoms with Gasteiger partial charge in [-0.05, 0) is 19.8 Å². The van der Waals surface area contributed by atoms with E-state index in [4.69, 9.17) is 4.74 Å². The number of amides is 2. The molecular weight excluding hydrogens is 443 g/mol. The summed E-state index contributed by atoms with van der Waals surface area (Å²) in [6, 6.07) is 0.420. The number of carbonyl (C=O) groups is 2. The fourth-order valence-corrected chi connectivity index (χ4v) is 4.74. The molecule has 3 aliphatic rings. The van der Waals surface area contributed by atoms with Crippen molar-refractivity contribution in [1.82, 2.24) is 14.8 Å². The molecule has 0 unspecified atom stereocenters. The summed E-state index contributed by atoms with van der Waals surface area (Å²) in [4.78, 5) is 40.1. The fourth-order valence-electron chi connectivity index (χ4n) is 4.74.